The van der Waals surface area contributed by atoms with E-state index in [-0.39, 0.29) is 5.91 Å². The maximum atomic E-state index is 12.5. The fourth-order valence-corrected chi connectivity index (χ4v) is 3.17. The molecule has 0 fully saturated rings. The molecule has 0 aliphatic heterocycles. The predicted octanol–water partition coefficient (Wildman–Crippen LogP) is 4.06. The standard InChI is InChI=1S/C21H31N3O/c1-15(2)13-24-18(5)20(17(4)22-24)11-12-21(25)23(6)14-19-10-8-7-9-16(19)3/h7-10,15H,11-14H2,1-6H3. The number of hydrogen-bond acceptors (Lipinski definition) is 2. The maximum absolute atomic E-state index is 12.5. The lowest BCUT2D eigenvalue weighted by molar-refractivity contribution is -0.130. The summed E-state index contributed by atoms with van der Waals surface area (Å²) in [6, 6.07) is 8.23. The summed E-state index contributed by atoms with van der Waals surface area (Å²) in [5.41, 5.74) is 5.89. The highest BCUT2D eigenvalue weighted by molar-refractivity contribution is 5.76. The highest BCUT2D eigenvalue weighted by Gasteiger charge is 2.16. The van der Waals surface area contributed by atoms with Gasteiger partial charge in [0.05, 0.1) is 5.69 Å². The summed E-state index contributed by atoms with van der Waals surface area (Å²) < 4.78 is 2.08. The quantitative estimate of drug-likeness (QED) is 0.762. The van der Waals surface area contributed by atoms with Crippen molar-refractivity contribution in [2.45, 2.75) is 60.5 Å². The Balaban J connectivity index is 1.98. The van der Waals surface area contributed by atoms with Crippen molar-refractivity contribution >= 4 is 5.91 Å². The molecular weight excluding hydrogens is 310 g/mol. The minimum atomic E-state index is 0.179. The van der Waals surface area contributed by atoms with Gasteiger partial charge in [0.1, 0.15) is 0 Å². The van der Waals surface area contributed by atoms with Crippen LogP contribution in [0.2, 0.25) is 0 Å². The Hall–Kier alpha value is -2.10. The molecule has 2 rings (SSSR count). The number of hydrogen-bond donors (Lipinski definition) is 0. The van der Waals surface area contributed by atoms with E-state index in [0.29, 0.717) is 18.9 Å². The lowest BCUT2D eigenvalue weighted by Crippen LogP contribution is -2.26. The Morgan fingerprint density at radius 3 is 2.52 bits per heavy atom. The summed E-state index contributed by atoms with van der Waals surface area (Å²) >= 11 is 0. The molecule has 0 atom stereocenters. The van der Waals surface area contributed by atoms with E-state index in [2.05, 4.69) is 49.6 Å². The third-order valence-electron chi connectivity index (χ3n) is 4.75. The molecule has 1 aromatic heterocycles. The van der Waals surface area contributed by atoms with Crippen molar-refractivity contribution in [2.24, 2.45) is 5.92 Å². The van der Waals surface area contributed by atoms with Crippen LogP contribution in [0.5, 0.6) is 0 Å². The Bertz CT molecular complexity index is 731. The van der Waals surface area contributed by atoms with Crippen molar-refractivity contribution in [3.05, 3.63) is 52.3 Å². The zero-order valence-electron chi connectivity index (χ0n) is 16.5. The summed E-state index contributed by atoms with van der Waals surface area (Å²) in [5.74, 6) is 0.742. The summed E-state index contributed by atoms with van der Waals surface area (Å²) in [5, 5.41) is 4.64. The van der Waals surface area contributed by atoms with Gasteiger partial charge in [0.15, 0.2) is 0 Å². The largest absolute Gasteiger partial charge is 0.341 e. The first-order valence-corrected chi connectivity index (χ1v) is 9.11. The van der Waals surface area contributed by atoms with Crippen LogP contribution in [-0.2, 0) is 24.3 Å². The van der Waals surface area contributed by atoms with Crippen LogP contribution in [0.3, 0.4) is 0 Å². The van der Waals surface area contributed by atoms with Crippen LogP contribution >= 0.6 is 0 Å². The molecule has 0 spiro atoms. The summed E-state index contributed by atoms with van der Waals surface area (Å²) in [7, 11) is 1.89. The number of nitrogens with zero attached hydrogens (tertiary/aromatic N) is 3. The van der Waals surface area contributed by atoms with E-state index in [1.807, 2.05) is 31.0 Å². The van der Waals surface area contributed by atoms with Crippen molar-refractivity contribution in [1.29, 1.82) is 0 Å². The molecule has 0 saturated heterocycles. The third-order valence-corrected chi connectivity index (χ3v) is 4.75. The molecular formula is C21H31N3O. The van der Waals surface area contributed by atoms with Gasteiger partial charge in [-0.3, -0.25) is 9.48 Å². The average molecular weight is 341 g/mol. The van der Waals surface area contributed by atoms with E-state index in [4.69, 9.17) is 0 Å². The zero-order valence-corrected chi connectivity index (χ0v) is 16.5. The molecule has 2 aromatic rings. The predicted molar refractivity (Wildman–Crippen MR) is 103 cm³/mol. The van der Waals surface area contributed by atoms with E-state index < -0.39 is 0 Å². The lowest BCUT2D eigenvalue weighted by Gasteiger charge is -2.18. The molecule has 0 N–H and O–H groups in total. The Morgan fingerprint density at radius 2 is 1.88 bits per heavy atom. The van der Waals surface area contributed by atoms with Gasteiger partial charge in [-0.2, -0.15) is 5.10 Å². The molecule has 0 radical (unpaired) electrons. The molecule has 4 nitrogen and oxygen atoms in total. The second kappa shape index (κ2) is 8.32. The lowest BCUT2D eigenvalue weighted by atomic mass is 10.1. The third kappa shape index (κ3) is 4.94. The fraction of sp³-hybridized carbons (Fsp3) is 0.524. The van der Waals surface area contributed by atoms with E-state index in [1.54, 1.807) is 0 Å². The molecule has 1 heterocycles. The highest BCUT2D eigenvalue weighted by Crippen LogP contribution is 2.17. The van der Waals surface area contributed by atoms with Crippen molar-refractivity contribution in [3.63, 3.8) is 0 Å². The van der Waals surface area contributed by atoms with Crippen molar-refractivity contribution in [1.82, 2.24) is 14.7 Å². The van der Waals surface area contributed by atoms with Crippen LogP contribution in [0.25, 0.3) is 0 Å². The van der Waals surface area contributed by atoms with Gasteiger partial charge in [0.25, 0.3) is 0 Å². The van der Waals surface area contributed by atoms with Gasteiger partial charge >= 0.3 is 0 Å². The Kier molecular flexibility index (Phi) is 6.40. The molecule has 0 aliphatic rings. The molecule has 0 saturated carbocycles. The van der Waals surface area contributed by atoms with Gasteiger partial charge < -0.3 is 4.90 Å². The first-order valence-electron chi connectivity index (χ1n) is 9.11. The minimum Gasteiger partial charge on any atom is -0.341 e. The van der Waals surface area contributed by atoms with Crippen LogP contribution in [-0.4, -0.2) is 27.6 Å². The van der Waals surface area contributed by atoms with Gasteiger partial charge in [-0.15, -0.1) is 0 Å². The van der Waals surface area contributed by atoms with Crippen LogP contribution in [0.1, 0.15) is 48.3 Å². The second-order valence-electron chi connectivity index (χ2n) is 7.40. The minimum absolute atomic E-state index is 0.179. The first-order chi connectivity index (χ1) is 11.8. The van der Waals surface area contributed by atoms with Crippen LogP contribution in [0, 0.1) is 26.7 Å². The van der Waals surface area contributed by atoms with Crippen molar-refractivity contribution < 1.29 is 4.79 Å². The maximum Gasteiger partial charge on any atom is 0.222 e. The SMILES string of the molecule is Cc1ccccc1CN(C)C(=O)CCc1c(C)nn(CC(C)C)c1C. The van der Waals surface area contributed by atoms with Gasteiger partial charge in [0, 0.05) is 32.3 Å². The highest BCUT2D eigenvalue weighted by atomic mass is 16.2. The number of carbonyl (C=O) groups is 1. The number of aromatic nitrogens is 2. The summed E-state index contributed by atoms with van der Waals surface area (Å²) in [4.78, 5) is 14.4. The topological polar surface area (TPSA) is 38.1 Å². The van der Waals surface area contributed by atoms with Gasteiger partial charge in [-0.1, -0.05) is 38.1 Å². The van der Waals surface area contributed by atoms with Crippen LogP contribution < -0.4 is 0 Å². The molecule has 0 unspecified atom stereocenters. The molecule has 1 amide bonds. The Morgan fingerprint density at radius 1 is 1.20 bits per heavy atom. The number of rotatable bonds is 7. The van der Waals surface area contributed by atoms with Crippen molar-refractivity contribution in [2.75, 3.05) is 7.05 Å². The monoisotopic (exact) mass is 341 g/mol. The smallest absolute Gasteiger partial charge is 0.222 e. The molecule has 0 bridgehead atoms. The second-order valence-corrected chi connectivity index (χ2v) is 7.40. The molecule has 1 aromatic carbocycles. The molecule has 4 heteroatoms. The molecule has 0 aliphatic carbocycles. The number of amides is 1. The number of carbonyl (C=O) groups excluding carboxylic acids is 1. The van der Waals surface area contributed by atoms with E-state index in [0.717, 1.165) is 18.7 Å². The summed E-state index contributed by atoms with van der Waals surface area (Å²) in [6.45, 7) is 12.2. The van der Waals surface area contributed by atoms with Crippen LogP contribution in [0.4, 0.5) is 0 Å². The van der Waals surface area contributed by atoms with E-state index >= 15 is 0 Å². The van der Waals surface area contributed by atoms with Gasteiger partial charge in [-0.25, -0.2) is 0 Å². The normalized spacial score (nSPS) is 11.2. The number of aryl methyl sites for hydroxylation is 2. The van der Waals surface area contributed by atoms with E-state index in [9.17, 15) is 4.79 Å². The average Bonchev–Trinajstić information content (AvgIpc) is 2.80. The fourth-order valence-electron chi connectivity index (χ4n) is 3.17. The molecule has 136 valence electrons. The van der Waals surface area contributed by atoms with Gasteiger partial charge in [0.2, 0.25) is 5.91 Å². The number of benzene rings is 1. The molecule has 25 heavy (non-hydrogen) atoms. The Labute approximate surface area is 151 Å². The van der Waals surface area contributed by atoms with Crippen molar-refractivity contribution in [3.8, 4) is 0 Å². The first kappa shape index (κ1) is 19.2. The van der Waals surface area contributed by atoms with Crippen LogP contribution in [0.15, 0.2) is 24.3 Å². The van der Waals surface area contributed by atoms with E-state index in [1.165, 1.54) is 22.4 Å². The van der Waals surface area contributed by atoms with Gasteiger partial charge in [-0.05, 0) is 49.8 Å². The summed E-state index contributed by atoms with van der Waals surface area (Å²) in [6.07, 6.45) is 1.28. The zero-order chi connectivity index (χ0) is 18.6.